The zero-order chi connectivity index (χ0) is 20.8. The van der Waals surface area contributed by atoms with Crippen LogP contribution in [0, 0.1) is 0 Å². The standard InChI is InChI=1S/C25H29N3O3/c29-24-25(30-22-12-6-7-13-23(22)31-25)20-10-4-5-11-21(20)28(24)18-26-14-16-27(17-15-26)19-8-2-1-3-9-19/h1-5,8-11,22-23H,6-7,12-18H2/p+1/t22-,23-/m0/s1. The number of amides is 1. The molecule has 2 aromatic rings. The van der Waals surface area contributed by atoms with Gasteiger partial charge in [-0.1, -0.05) is 49.2 Å². The van der Waals surface area contributed by atoms with Gasteiger partial charge in [-0.05, 0) is 31.0 Å². The number of quaternary nitrogens is 1. The van der Waals surface area contributed by atoms with E-state index >= 15 is 0 Å². The first-order valence-corrected chi connectivity index (χ1v) is 11.7. The van der Waals surface area contributed by atoms with Crippen molar-refractivity contribution in [2.75, 3.05) is 42.6 Å². The summed E-state index contributed by atoms with van der Waals surface area (Å²) in [5, 5.41) is 0. The van der Waals surface area contributed by atoms with E-state index in [-0.39, 0.29) is 18.1 Å². The van der Waals surface area contributed by atoms with Crippen molar-refractivity contribution in [3.63, 3.8) is 0 Å². The summed E-state index contributed by atoms with van der Waals surface area (Å²) in [5.74, 6) is -1.28. The van der Waals surface area contributed by atoms with Crippen LogP contribution in [0.25, 0.3) is 0 Å². The van der Waals surface area contributed by atoms with Crippen LogP contribution in [0.2, 0.25) is 0 Å². The lowest BCUT2D eigenvalue weighted by Crippen LogP contribution is -3.16. The van der Waals surface area contributed by atoms with Crippen molar-refractivity contribution in [2.45, 2.75) is 43.7 Å². The normalized spacial score (nSPS) is 27.5. The zero-order valence-corrected chi connectivity index (χ0v) is 17.8. The van der Waals surface area contributed by atoms with Crippen molar-refractivity contribution in [2.24, 2.45) is 0 Å². The summed E-state index contributed by atoms with van der Waals surface area (Å²) in [6.07, 6.45) is 4.33. The number of ether oxygens (including phenoxy) is 2. The van der Waals surface area contributed by atoms with Gasteiger partial charge in [0, 0.05) is 11.3 Å². The molecule has 6 heteroatoms. The fourth-order valence-corrected chi connectivity index (χ4v) is 5.66. The summed E-state index contributed by atoms with van der Waals surface area (Å²) in [7, 11) is 0. The van der Waals surface area contributed by atoms with Gasteiger partial charge in [-0.3, -0.25) is 9.69 Å². The summed E-state index contributed by atoms with van der Waals surface area (Å²) in [4.78, 5) is 19.5. The van der Waals surface area contributed by atoms with E-state index in [1.54, 1.807) is 0 Å². The Bertz CT molecular complexity index is 943. The van der Waals surface area contributed by atoms with Crippen LogP contribution >= 0.6 is 0 Å². The molecule has 0 aromatic heterocycles. The molecule has 2 atom stereocenters. The fraction of sp³-hybridized carbons (Fsp3) is 0.480. The molecule has 2 saturated heterocycles. The summed E-state index contributed by atoms with van der Waals surface area (Å²) in [6.45, 7) is 4.64. The smallest absolute Gasteiger partial charge is 0.296 e. The van der Waals surface area contributed by atoms with Crippen molar-refractivity contribution < 1.29 is 19.2 Å². The fourth-order valence-electron chi connectivity index (χ4n) is 5.66. The van der Waals surface area contributed by atoms with Crippen LogP contribution in [-0.2, 0) is 20.1 Å². The monoisotopic (exact) mass is 420 g/mol. The highest BCUT2D eigenvalue weighted by atomic mass is 16.8. The average Bonchev–Trinajstić information content (AvgIpc) is 3.33. The average molecular weight is 421 g/mol. The largest absolute Gasteiger partial charge is 0.360 e. The van der Waals surface area contributed by atoms with Crippen LogP contribution in [0.15, 0.2) is 54.6 Å². The molecule has 1 spiro atoms. The van der Waals surface area contributed by atoms with Crippen molar-refractivity contribution in [1.29, 1.82) is 0 Å². The Labute approximate surface area is 183 Å². The van der Waals surface area contributed by atoms with Gasteiger partial charge in [0.1, 0.15) is 0 Å². The molecule has 3 heterocycles. The lowest BCUT2D eigenvalue weighted by atomic mass is 9.95. The summed E-state index contributed by atoms with van der Waals surface area (Å²) < 4.78 is 12.8. The van der Waals surface area contributed by atoms with Gasteiger partial charge in [-0.15, -0.1) is 0 Å². The third-order valence-electron chi connectivity index (χ3n) is 7.33. The van der Waals surface area contributed by atoms with Gasteiger partial charge >= 0.3 is 0 Å². The molecule has 162 valence electrons. The first kappa shape index (κ1) is 19.3. The molecule has 6 rings (SSSR count). The molecule has 0 bridgehead atoms. The second-order valence-electron chi connectivity index (χ2n) is 9.19. The van der Waals surface area contributed by atoms with Crippen molar-refractivity contribution >= 4 is 17.3 Å². The molecule has 0 radical (unpaired) electrons. The molecule has 1 aliphatic carbocycles. The van der Waals surface area contributed by atoms with E-state index in [4.69, 9.17) is 9.47 Å². The van der Waals surface area contributed by atoms with Gasteiger partial charge in [0.05, 0.1) is 44.1 Å². The highest BCUT2D eigenvalue weighted by Crippen LogP contribution is 2.50. The third-order valence-corrected chi connectivity index (χ3v) is 7.33. The molecule has 4 aliphatic rings. The maximum absolute atomic E-state index is 13.7. The Morgan fingerprint density at radius 1 is 0.903 bits per heavy atom. The highest BCUT2D eigenvalue weighted by molar-refractivity contribution is 6.06. The lowest BCUT2D eigenvalue weighted by Gasteiger charge is -2.35. The Kier molecular flexibility index (Phi) is 4.74. The molecule has 3 aliphatic heterocycles. The molecular formula is C25H30N3O3+. The summed E-state index contributed by atoms with van der Waals surface area (Å²) in [5.41, 5.74) is 3.11. The van der Waals surface area contributed by atoms with Gasteiger partial charge < -0.3 is 19.3 Å². The third kappa shape index (κ3) is 3.16. The van der Waals surface area contributed by atoms with Crippen LogP contribution in [0.4, 0.5) is 11.4 Å². The van der Waals surface area contributed by atoms with Gasteiger partial charge in [0.25, 0.3) is 11.7 Å². The second-order valence-corrected chi connectivity index (χ2v) is 9.19. The molecular weight excluding hydrogens is 390 g/mol. The topological polar surface area (TPSA) is 46.5 Å². The Balaban J connectivity index is 1.20. The van der Waals surface area contributed by atoms with E-state index in [2.05, 4.69) is 35.2 Å². The van der Waals surface area contributed by atoms with Crippen molar-refractivity contribution in [1.82, 2.24) is 0 Å². The van der Waals surface area contributed by atoms with E-state index in [9.17, 15) is 4.79 Å². The minimum absolute atomic E-state index is 0.0347. The number of hydrogen-bond donors (Lipinski definition) is 1. The van der Waals surface area contributed by atoms with E-state index in [1.807, 2.05) is 29.2 Å². The minimum Gasteiger partial charge on any atom is -0.360 e. The predicted octanol–water partition coefficient (Wildman–Crippen LogP) is 1.91. The van der Waals surface area contributed by atoms with E-state index < -0.39 is 5.79 Å². The molecule has 1 saturated carbocycles. The highest BCUT2D eigenvalue weighted by Gasteiger charge is 2.61. The molecule has 6 nitrogen and oxygen atoms in total. The minimum atomic E-state index is -1.23. The summed E-state index contributed by atoms with van der Waals surface area (Å²) in [6, 6.07) is 18.6. The van der Waals surface area contributed by atoms with Crippen molar-refractivity contribution in [3.8, 4) is 0 Å². The van der Waals surface area contributed by atoms with E-state index in [0.717, 1.165) is 63.1 Å². The molecule has 3 fully saturated rings. The zero-order valence-electron chi connectivity index (χ0n) is 17.8. The second kappa shape index (κ2) is 7.62. The molecule has 1 N–H and O–H groups in total. The number of carbonyl (C=O) groups is 1. The maximum atomic E-state index is 13.7. The summed E-state index contributed by atoms with van der Waals surface area (Å²) >= 11 is 0. The number of carbonyl (C=O) groups excluding carboxylic acids is 1. The van der Waals surface area contributed by atoms with Crippen LogP contribution in [-0.4, -0.2) is 51.0 Å². The first-order valence-electron chi connectivity index (χ1n) is 11.7. The van der Waals surface area contributed by atoms with Crippen LogP contribution in [0.1, 0.15) is 31.2 Å². The SMILES string of the molecule is O=C1N(C[NH+]2CCN(c3ccccc3)CC2)c2ccccc2C12O[C@H]1CCCC[C@@H]1O2. The maximum Gasteiger partial charge on any atom is 0.296 e. The number of fused-ring (bicyclic) bond motifs is 3. The first-order chi connectivity index (χ1) is 15.2. The number of hydrogen-bond acceptors (Lipinski definition) is 4. The number of benzene rings is 2. The van der Waals surface area contributed by atoms with Gasteiger partial charge in [0.2, 0.25) is 0 Å². The molecule has 2 aromatic carbocycles. The van der Waals surface area contributed by atoms with E-state index in [0.29, 0.717) is 6.67 Å². The van der Waals surface area contributed by atoms with Crippen LogP contribution < -0.4 is 14.7 Å². The Hall–Kier alpha value is -2.41. The molecule has 1 amide bonds. The van der Waals surface area contributed by atoms with Gasteiger partial charge in [-0.2, -0.15) is 0 Å². The van der Waals surface area contributed by atoms with Gasteiger partial charge in [0.15, 0.2) is 6.67 Å². The van der Waals surface area contributed by atoms with Crippen LogP contribution in [0.3, 0.4) is 0 Å². The lowest BCUT2D eigenvalue weighted by molar-refractivity contribution is -0.899. The molecule has 0 unspecified atom stereocenters. The van der Waals surface area contributed by atoms with Crippen LogP contribution in [0.5, 0.6) is 0 Å². The number of nitrogens with zero attached hydrogens (tertiary/aromatic N) is 2. The Morgan fingerprint density at radius 2 is 1.55 bits per heavy atom. The van der Waals surface area contributed by atoms with Crippen molar-refractivity contribution in [3.05, 3.63) is 60.2 Å². The van der Waals surface area contributed by atoms with Gasteiger partial charge in [-0.25, -0.2) is 0 Å². The number of rotatable bonds is 3. The number of anilines is 2. The number of piperazine rings is 1. The van der Waals surface area contributed by atoms with E-state index in [1.165, 1.54) is 10.6 Å². The molecule has 31 heavy (non-hydrogen) atoms. The number of nitrogens with one attached hydrogen (secondary N) is 1. The number of para-hydroxylation sites is 2. The quantitative estimate of drug-likeness (QED) is 0.824. The Morgan fingerprint density at radius 3 is 2.26 bits per heavy atom. The predicted molar refractivity (Wildman–Crippen MR) is 118 cm³/mol.